The second kappa shape index (κ2) is 11.0. The monoisotopic (exact) mass is 507 g/mol. The molecule has 10 nitrogen and oxygen atoms in total. The molecule has 37 heavy (non-hydrogen) atoms. The van der Waals surface area contributed by atoms with Gasteiger partial charge in [0.15, 0.2) is 0 Å². The van der Waals surface area contributed by atoms with E-state index in [1.807, 2.05) is 58.3 Å². The van der Waals surface area contributed by atoms with Crippen molar-refractivity contribution in [3.8, 4) is 5.69 Å². The van der Waals surface area contributed by atoms with Crippen LogP contribution in [0.1, 0.15) is 50.4 Å². The van der Waals surface area contributed by atoms with E-state index in [9.17, 15) is 14.4 Å². The first-order valence-corrected chi connectivity index (χ1v) is 12.4. The van der Waals surface area contributed by atoms with E-state index in [1.54, 1.807) is 26.7 Å². The smallest absolute Gasteiger partial charge is 0.410 e. The van der Waals surface area contributed by atoms with Crippen LogP contribution in [0, 0.1) is 0 Å². The Hall–Kier alpha value is -3.95. The van der Waals surface area contributed by atoms with Crippen molar-refractivity contribution in [2.24, 2.45) is 7.05 Å². The summed E-state index contributed by atoms with van der Waals surface area (Å²) in [6.07, 6.45) is 6.75. The molecule has 3 aromatic rings. The quantitative estimate of drug-likeness (QED) is 0.452. The lowest BCUT2D eigenvalue weighted by Crippen LogP contribution is -2.42. The Bertz CT molecular complexity index is 1320. The number of esters is 1. The van der Waals surface area contributed by atoms with Gasteiger partial charge in [-0.25, -0.2) is 9.48 Å². The van der Waals surface area contributed by atoms with E-state index in [4.69, 9.17) is 9.47 Å². The molecule has 1 saturated heterocycles. The van der Waals surface area contributed by atoms with Gasteiger partial charge in [0.05, 0.1) is 24.9 Å². The van der Waals surface area contributed by atoms with E-state index in [0.717, 1.165) is 29.7 Å². The van der Waals surface area contributed by atoms with E-state index < -0.39 is 5.60 Å². The summed E-state index contributed by atoms with van der Waals surface area (Å²) in [5.74, 6) is -0.370. The van der Waals surface area contributed by atoms with Gasteiger partial charge < -0.3 is 14.4 Å². The maximum absolute atomic E-state index is 12.6. The summed E-state index contributed by atoms with van der Waals surface area (Å²) in [6, 6.07) is 8.78. The molecule has 0 unspecified atom stereocenters. The first-order chi connectivity index (χ1) is 17.6. The summed E-state index contributed by atoms with van der Waals surface area (Å²) in [5, 5.41) is 8.62. The number of aromatic nitrogens is 4. The molecule has 0 spiro atoms. The van der Waals surface area contributed by atoms with E-state index >= 15 is 0 Å². The fraction of sp³-hybridized carbons (Fsp3) is 0.444. The average molecular weight is 508 g/mol. The molecule has 0 radical (unpaired) electrons. The van der Waals surface area contributed by atoms with Crippen molar-refractivity contribution in [3.05, 3.63) is 76.0 Å². The lowest BCUT2D eigenvalue weighted by Gasteiger charge is -2.28. The van der Waals surface area contributed by atoms with Gasteiger partial charge in [0.2, 0.25) is 5.43 Å². The Balaban J connectivity index is 1.35. The highest BCUT2D eigenvalue weighted by Crippen LogP contribution is 2.21. The minimum Gasteiger partial charge on any atom is -0.463 e. The highest BCUT2D eigenvalue weighted by atomic mass is 16.6. The zero-order valence-electron chi connectivity index (χ0n) is 21.7. The van der Waals surface area contributed by atoms with Crippen LogP contribution in [-0.4, -0.2) is 61.3 Å². The summed E-state index contributed by atoms with van der Waals surface area (Å²) >= 11 is 0. The number of carbonyl (C=O) groups is 2. The lowest BCUT2D eigenvalue weighted by atomic mass is 10.0. The molecule has 1 aromatic carbocycles. The number of carbonyl (C=O) groups excluding carboxylic acids is 2. The number of amides is 1. The van der Waals surface area contributed by atoms with Crippen LogP contribution < -0.4 is 5.43 Å². The molecule has 1 aliphatic rings. The minimum atomic E-state index is -0.576. The van der Waals surface area contributed by atoms with Crippen LogP contribution in [0.25, 0.3) is 5.69 Å². The summed E-state index contributed by atoms with van der Waals surface area (Å²) in [4.78, 5) is 39.1. The number of rotatable bonds is 7. The van der Waals surface area contributed by atoms with Gasteiger partial charge in [-0.15, -0.1) is 0 Å². The highest BCUT2D eigenvalue weighted by molar-refractivity contribution is 5.73. The summed E-state index contributed by atoms with van der Waals surface area (Å²) < 4.78 is 14.3. The van der Waals surface area contributed by atoms with Gasteiger partial charge in [0.1, 0.15) is 23.6 Å². The molecule has 10 heteroatoms. The molecule has 1 amide bonds. The molecule has 1 aliphatic heterocycles. The van der Waals surface area contributed by atoms with Gasteiger partial charge in [-0.05, 0) is 44.7 Å². The first kappa shape index (κ1) is 26.1. The second-order valence-corrected chi connectivity index (χ2v) is 10.3. The van der Waals surface area contributed by atoms with Crippen LogP contribution in [0.5, 0.6) is 0 Å². The second-order valence-electron chi connectivity index (χ2n) is 10.3. The topological polar surface area (TPSA) is 109 Å². The SMILES string of the molecule is Cn1cc(-n2ccc(=O)c(Cc3cccc(CC(=O)OC[C@@H]4CCCN4C(=O)OC(C)(C)C)c3)n2)cn1. The molecular formula is C27H33N5O5. The van der Waals surface area contributed by atoms with Crippen molar-refractivity contribution in [2.45, 2.75) is 58.1 Å². The molecule has 0 bridgehead atoms. The van der Waals surface area contributed by atoms with E-state index in [0.29, 0.717) is 18.7 Å². The number of hydrogen-bond acceptors (Lipinski definition) is 7. The van der Waals surface area contributed by atoms with Crippen LogP contribution >= 0.6 is 0 Å². The van der Waals surface area contributed by atoms with Crippen molar-refractivity contribution in [1.29, 1.82) is 0 Å². The first-order valence-electron chi connectivity index (χ1n) is 12.4. The third kappa shape index (κ3) is 7.05. The summed E-state index contributed by atoms with van der Waals surface area (Å²) in [5.41, 5.74) is 2.07. The molecule has 0 N–H and O–H groups in total. The molecule has 196 valence electrons. The van der Waals surface area contributed by atoms with E-state index in [2.05, 4.69) is 10.2 Å². The Kier molecular flexibility index (Phi) is 7.75. The largest absolute Gasteiger partial charge is 0.463 e. The maximum Gasteiger partial charge on any atom is 0.410 e. The summed E-state index contributed by atoms with van der Waals surface area (Å²) in [7, 11) is 1.81. The minimum absolute atomic E-state index is 0.0924. The van der Waals surface area contributed by atoms with Gasteiger partial charge >= 0.3 is 12.1 Å². The lowest BCUT2D eigenvalue weighted by molar-refractivity contribution is -0.144. The third-order valence-electron chi connectivity index (χ3n) is 5.99. The number of nitrogens with zero attached hydrogens (tertiary/aromatic N) is 5. The fourth-order valence-electron chi connectivity index (χ4n) is 4.26. The number of likely N-dealkylation sites (tertiary alicyclic amines) is 1. The zero-order valence-corrected chi connectivity index (χ0v) is 21.7. The molecule has 2 aromatic heterocycles. The maximum atomic E-state index is 12.6. The number of hydrogen-bond donors (Lipinski definition) is 0. The molecular weight excluding hydrogens is 474 g/mol. The standard InChI is InChI=1S/C27H33N5O5/c1-27(2,3)37-26(35)31-11-6-9-21(31)18-36-25(34)15-20-8-5-7-19(13-20)14-23-24(33)10-12-32(29-23)22-16-28-30(4)17-22/h5,7-8,10,12-13,16-17,21H,6,9,11,14-15,18H2,1-4H3/t21-/m0/s1. The van der Waals surface area contributed by atoms with Crippen LogP contribution in [0.2, 0.25) is 0 Å². The number of ether oxygens (including phenoxy) is 2. The number of benzene rings is 1. The third-order valence-corrected chi connectivity index (χ3v) is 5.99. The van der Waals surface area contributed by atoms with Crippen molar-refractivity contribution in [1.82, 2.24) is 24.5 Å². The van der Waals surface area contributed by atoms with Crippen LogP contribution in [0.3, 0.4) is 0 Å². The van der Waals surface area contributed by atoms with Gasteiger partial charge in [0.25, 0.3) is 0 Å². The molecule has 4 rings (SSSR count). The van der Waals surface area contributed by atoms with Crippen LogP contribution in [0.4, 0.5) is 4.79 Å². The Morgan fingerprint density at radius 2 is 1.95 bits per heavy atom. The van der Waals surface area contributed by atoms with Crippen LogP contribution in [-0.2, 0) is 34.2 Å². The Labute approximate surface area is 215 Å². The van der Waals surface area contributed by atoms with Crippen molar-refractivity contribution in [3.63, 3.8) is 0 Å². The molecule has 0 aliphatic carbocycles. The van der Waals surface area contributed by atoms with E-state index in [-0.39, 0.29) is 36.6 Å². The average Bonchev–Trinajstić information content (AvgIpc) is 3.47. The normalized spacial score (nSPS) is 15.6. The van der Waals surface area contributed by atoms with Gasteiger partial charge in [-0.2, -0.15) is 10.2 Å². The molecule has 3 heterocycles. The highest BCUT2D eigenvalue weighted by Gasteiger charge is 2.33. The van der Waals surface area contributed by atoms with E-state index in [1.165, 1.54) is 6.07 Å². The van der Waals surface area contributed by atoms with Crippen LogP contribution in [0.15, 0.2) is 53.7 Å². The van der Waals surface area contributed by atoms with Crippen molar-refractivity contribution >= 4 is 12.1 Å². The predicted octanol–water partition coefficient (Wildman–Crippen LogP) is 3.04. The number of aryl methyl sites for hydroxylation is 1. The van der Waals surface area contributed by atoms with Gasteiger partial charge in [-0.3, -0.25) is 14.3 Å². The molecule has 1 atom stereocenters. The zero-order chi connectivity index (χ0) is 26.6. The molecule has 1 fully saturated rings. The Morgan fingerprint density at radius 1 is 1.16 bits per heavy atom. The fourth-order valence-corrected chi connectivity index (χ4v) is 4.26. The van der Waals surface area contributed by atoms with Crippen molar-refractivity contribution < 1.29 is 19.1 Å². The summed E-state index contributed by atoms with van der Waals surface area (Å²) in [6.45, 7) is 6.21. The molecule has 0 saturated carbocycles. The van der Waals surface area contributed by atoms with Gasteiger partial charge in [0, 0.05) is 32.3 Å². The predicted molar refractivity (Wildman–Crippen MR) is 136 cm³/mol. The van der Waals surface area contributed by atoms with Gasteiger partial charge in [-0.1, -0.05) is 24.3 Å². The van der Waals surface area contributed by atoms with Crippen molar-refractivity contribution in [2.75, 3.05) is 13.2 Å². The Morgan fingerprint density at radius 3 is 2.68 bits per heavy atom.